The van der Waals surface area contributed by atoms with Gasteiger partial charge in [0, 0.05) is 12.8 Å². The van der Waals surface area contributed by atoms with Gasteiger partial charge in [-0.2, -0.15) is 0 Å². The lowest BCUT2D eigenvalue weighted by Gasteiger charge is -2.41. The minimum atomic E-state index is -0.184. The van der Waals surface area contributed by atoms with E-state index < -0.39 is 0 Å². The highest BCUT2D eigenvalue weighted by atomic mass is 16.1. The van der Waals surface area contributed by atoms with Gasteiger partial charge in [0.25, 0.3) is 0 Å². The van der Waals surface area contributed by atoms with Crippen molar-refractivity contribution < 1.29 is 4.79 Å². The Balaban J connectivity index is 2.14. The van der Waals surface area contributed by atoms with E-state index in [1.807, 2.05) is 25.1 Å². The lowest BCUT2D eigenvalue weighted by molar-refractivity contribution is -0.127. The minimum Gasteiger partial charge on any atom is -0.299 e. The molecule has 1 nitrogen and oxygen atoms in total. The summed E-state index contributed by atoms with van der Waals surface area (Å²) in [7, 11) is 0. The molecule has 1 aromatic carbocycles. The van der Waals surface area contributed by atoms with Crippen molar-refractivity contribution in [3.05, 3.63) is 35.9 Å². The van der Waals surface area contributed by atoms with Gasteiger partial charge in [0.15, 0.2) is 0 Å². The van der Waals surface area contributed by atoms with Gasteiger partial charge in [-0.3, -0.25) is 4.79 Å². The minimum absolute atomic E-state index is 0.184. The molecule has 0 spiro atoms. The van der Waals surface area contributed by atoms with E-state index in [4.69, 9.17) is 0 Å². The maximum atomic E-state index is 12.4. The van der Waals surface area contributed by atoms with Gasteiger partial charge < -0.3 is 0 Å². The number of rotatable bonds is 4. The molecule has 0 N–H and O–H groups in total. The van der Waals surface area contributed by atoms with Crippen LogP contribution in [0.2, 0.25) is 0 Å². The summed E-state index contributed by atoms with van der Waals surface area (Å²) in [5.41, 5.74) is 1.01. The quantitative estimate of drug-likeness (QED) is 0.718. The lowest BCUT2D eigenvalue weighted by atomic mass is 9.61. The zero-order valence-electron chi connectivity index (χ0n) is 10.3. The van der Waals surface area contributed by atoms with Crippen LogP contribution in [0.25, 0.3) is 0 Å². The molecule has 0 heterocycles. The largest absolute Gasteiger partial charge is 0.299 e. The molecular weight excluding hydrogens is 208 g/mol. The van der Waals surface area contributed by atoms with Crippen molar-refractivity contribution in [3.8, 4) is 11.8 Å². The third-order valence-electron chi connectivity index (χ3n) is 3.72. The van der Waals surface area contributed by atoms with Crippen molar-refractivity contribution in [1.29, 1.82) is 0 Å². The Morgan fingerprint density at radius 2 is 2.00 bits per heavy atom. The fourth-order valence-corrected chi connectivity index (χ4v) is 2.56. The molecule has 88 valence electrons. The van der Waals surface area contributed by atoms with E-state index in [0.29, 0.717) is 18.6 Å². The Morgan fingerprint density at radius 1 is 1.29 bits per heavy atom. The van der Waals surface area contributed by atoms with Crippen LogP contribution in [0, 0.1) is 11.8 Å². The molecule has 0 saturated heterocycles. The predicted molar refractivity (Wildman–Crippen MR) is 69.7 cm³/mol. The highest BCUT2D eigenvalue weighted by Gasteiger charge is 2.44. The van der Waals surface area contributed by atoms with Crippen LogP contribution in [0.3, 0.4) is 0 Å². The first-order valence-corrected chi connectivity index (χ1v) is 6.28. The highest BCUT2D eigenvalue weighted by molar-refractivity contribution is 5.91. The summed E-state index contributed by atoms with van der Waals surface area (Å²) in [6, 6.07) is 10.2. The predicted octanol–water partition coefficient (Wildman–Crippen LogP) is 3.48. The average Bonchev–Trinajstić information content (AvgIpc) is 2.29. The van der Waals surface area contributed by atoms with Crippen LogP contribution in [0.5, 0.6) is 0 Å². The molecule has 1 saturated carbocycles. The van der Waals surface area contributed by atoms with Crippen LogP contribution >= 0.6 is 0 Å². The van der Waals surface area contributed by atoms with Crippen LogP contribution in [-0.4, -0.2) is 5.78 Å². The molecule has 1 aromatic rings. The molecule has 0 radical (unpaired) electrons. The molecule has 0 bridgehead atoms. The molecule has 0 unspecified atom stereocenters. The number of carbonyl (C=O) groups is 1. The van der Waals surface area contributed by atoms with Gasteiger partial charge in [-0.1, -0.05) is 36.8 Å². The second-order valence-corrected chi connectivity index (χ2v) is 4.65. The summed E-state index contributed by atoms with van der Waals surface area (Å²) in [5.74, 6) is 6.20. The number of ketones is 1. The molecule has 17 heavy (non-hydrogen) atoms. The maximum absolute atomic E-state index is 12.4. The normalized spacial score (nSPS) is 16.5. The third-order valence-corrected chi connectivity index (χ3v) is 3.72. The van der Waals surface area contributed by atoms with Gasteiger partial charge in [0.2, 0.25) is 0 Å². The van der Waals surface area contributed by atoms with Crippen LogP contribution in [0.1, 0.15) is 44.6 Å². The van der Waals surface area contributed by atoms with E-state index in [-0.39, 0.29) is 5.41 Å². The third kappa shape index (κ3) is 2.26. The monoisotopic (exact) mass is 226 g/mol. The van der Waals surface area contributed by atoms with Crippen molar-refractivity contribution in [3.63, 3.8) is 0 Å². The Labute approximate surface area is 103 Å². The first kappa shape index (κ1) is 11.9. The Bertz CT molecular complexity index is 443. The fourth-order valence-electron chi connectivity index (χ4n) is 2.56. The van der Waals surface area contributed by atoms with E-state index in [9.17, 15) is 4.79 Å². The van der Waals surface area contributed by atoms with Crippen LogP contribution < -0.4 is 0 Å². The lowest BCUT2D eigenvalue weighted by Crippen LogP contribution is -2.42. The molecule has 0 amide bonds. The topological polar surface area (TPSA) is 17.1 Å². The van der Waals surface area contributed by atoms with Crippen molar-refractivity contribution >= 4 is 5.78 Å². The Hall–Kier alpha value is -1.55. The molecule has 0 aliphatic heterocycles. The summed E-state index contributed by atoms with van der Waals surface area (Å²) in [4.78, 5) is 12.4. The average molecular weight is 226 g/mol. The van der Waals surface area contributed by atoms with Crippen molar-refractivity contribution in [2.75, 3.05) is 0 Å². The number of carbonyl (C=O) groups excluding carboxylic acids is 1. The van der Waals surface area contributed by atoms with Gasteiger partial charge in [-0.15, -0.1) is 11.8 Å². The SMILES string of the molecule is CC#CCCC(=O)C1(c2ccccc2)CCC1. The van der Waals surface area contributed by atoms with E-state index >= 15 is 0 Å². The smallest absolute Gasteiger partial charge is 0.144 e. The molecule has 1 fully saturated rings. The highest BCUT2D eigenvalue weighted by Crippen LogP contribution is 2.45. The molecule has 2 rings (SSSR count). The molecule has 0 atom stereocenters. The van der Waals surface area contributed by atoms with Crippen molar-refractivity contribution in [2.24, 2.45) is 0 Å². The molecule has 1 aliphatic rings. The number of benzene rings is 1. The fraction of sp³-hybridized carbons (Fsp3) is 0.438. The summed E-state index contributed by atoms with van der Waals surface area (Å²) >= 11 is 0. The van der Waals surface area contributed by atoms with Gasteiger partial charge in [0.05, 0.1) is 5.41 Å². The van der Waals surface area contributed by atoms with Crippen molar-refractivity contribution in [2.45, 2.75) is 44.4 Å². The summed E-state index contributed by atoms with van der Waals surface area (Å²) in [6.07, 6.45) is 4.48. The number of hydrogen-bond donors (Lipinski definition) is 0. The second-order valence-electron chi connectivity index (χ2n) is 4.65. The molecule has 1 aliphatic carbocycles. The summed E-state index contributed by atoms with van der Waals surface area (Å²) in [6.45, 7) is 1.82. The maximum Gasteiger partial charge on any atom is 0.144 e. The van der Waals surface area contributed by atoms with Gasteiger partial charge in [-0.25, -0.2) is 0 Å². The van der Waals surface area contributed by atoms with E-state index in [1.54, 1.807) is 0 Å². The van der Waals surface area contributed by atoms with Crippen LogP contribution in [0.4, 0.5) is 0 Å². The zero-order chi connectivity index (χ0) is 12.1. The molecular formula is C16H18O. The van der Waals surface area contributed by atoms with Crippen molar-refractivity contribution in [1.82, 2.24) is 0 Å². The zero-order valence-corrected chi connectivity index (χ0v) is 10.3. The van der Waals surface area contributed by atoms with Crippen LogP contribution in [0.15, 0.2) is 30.3 Å². The molecule has 0 aromatic heterocycles. The first-order valence-electron chi connectivity index (χ1n) is 6.28. The van der Waals surface area contributed by atoms with Gasteiger partial charge in [0.1, 0.15) is 5.78 Å². The van der Waals surface area contributed by atoms with E-state index in [0.717, 1.165) is 12.8 Å². The summed E-state index contributed by atoms with van der Waals surface area (Å²) < 4.78 is 0. The van der Waals surface area contributed by atoms with Crippen LogP contribution in [-0.2, 0) is 10.2 Å². The number of Topliss-reactive ketones (excluding diaryl/α,β-unsaturated/α-hetero) is 1. The van der Waals surface area contributed by atoms with Gasteiger partial charge in [-0.05, 0) is 25.3 Å². The van der Waals surface area contributed by atoms with E-state index in [1.165, 1.54) is 12.0 Å². The summed E-state index contributed by atoms with van der Waals surface area (Å²) in [5, 5.41) is 0. The second kappa shape index (κ2) is 5.19. The van der Waals surface area contributed by atoms with E-state index in [2.05, 4.69) is 24.0 Å². The van der Waals surface area contributed by atoms with Gasteiger partial charge >= 0.3 is 0 Å². The Morgan fingerprint density at radius 3 is 2.53 bits per heavy atom. The molecule has 1 heteroatoms. The standard InChI is InChI=1S/C16H18O/c1-2-3-5-11-15(17)16(12-8-13-16)14-9-6-4-7-10-14/h4,6-7,9-10H,5,8,11-13H2,1H3. The first-order chi connectivity index (χ1) is 8.29. The Kier molecular flexibility index (Phi) is 3.64. The number of hydrogen-bond acceptors (Lipinski definition) is 1.